The van der Waals surface area contributed by atoms with Crippen LogP contribution in [0.4, 0.5) is 0 Å². The molecule has 0 aliphatic heterocycles. The molecule has 2 unspecified atom stereocenters. The molecule has 0 aliphatic carbocycles. The van der Waals surface area contributed by atoms with Crippen molar-refractivity contribution < 1.29 is 4.21 Å². The average Bonchev–Trinajstić information content (AvgIpc) is 2.23. The van der Waals surface area contributed by atoms with Crippen LogP contribution in [0.1, 0.15) is 24.5 Å². The normalized spacial score (nSPS) is 14.3. The Hall–Kier alpha value is -1.14. The summed E-state index contributed by atoms with van der Waals surface area (Å²) in [6.07, 6.45) is 0.622. The van der Waals surface area contributed by atoms with Gasteiger partial charge in [0.05, 0.1) is 16.9 Å². The van der Waals surface area contributed by atoms with Gasteiger partial charge in [0.1, 0.15) is 5.25 Å². The summed E-state index contributed by atoms with van der Waals surface area (Å²) in [5, 5.41) is 8.48. The molecule has 15 heavy (non-hydrogen) atoms. The Balaban J connectivity index is 3.11. The van der Waals surface area contributed by atoms with Gasteiger partial charge in [0.25, 0.3) is 0 Å². The van der Waals surface area contributed by atoms with Gasteiger partial charge in [-0.05, 0) is 37.5 Å². The quantitative estimate of drug-likeness (QED) is 0.787. The highest BCUT2D eigenvalue weighted by molar-refractivity contribution is 7.86. The molecule has 0 spiro atoms. The second-order valence-electron chi connectivity index (χ2n) is 3.59. The molecule has 0 amide bonds. The lowest BCUT2D eigenvalue weighted by molar-refractivity contribution is 0.675. The van der Waals surface area contributed by atoms with Gasteiger partial charge in [-0.25, -0.2) is 0 Å². The molecular formula is C12H15NOS. The SMILES string of the molecule is CCC(C#N)S(=O)c1cc(C)ccc1C. The summed E-state index contributed by atoms with van der Waals surface area (Å²) in [6.45, 7) is 5.78. The van der Waals surface area contributed by atoms with Crippen molar-refractivity contribution in [2.45, 2.75) is 37.3 Å². The molecule has 0 aliphatic rings. The molecule has 0 heterocycles. The summed E-state index contributed by atoms with van der Waals surface area (Å²) < 4.78 is 12.1. The van der Waals surface area contributed by atoms with E-state index in [0.717, 1.165) is 16.0 Å². The number of hydrogen-bond donors (Lipinski definition) is 0. The van der Waals surface area contributed by atoms with Crippen LogP contribution in [0, 0.1) is 25.2 Å². The molecule has 2 nitrogen and oxygen atoms in total. The summed E-state index contributed by atoms with van der Waals surface area (Å²) >= 11 is 0. The minimum absolute atomic E-state index is 0.398. The minimum Gasteiger partial charge on any atom is -0.253 e. The Labute approximate surface area is 93.4 Å². The first kappa shape index (κ1) is 11.9. The second-order valence-corrected chi connectivity index (χ2v) is 5.20. The van der Waals surface area contributed by atoms with Crippen LogP contribution in [0.3, 0.4) is 0 Å². The molecule has 3 heteroatoms. The van der Waals surface area contributed by atoms with Gasteiger partial charge in [0, 0.05) is 4.90 Å². The molecule has 1 rings (SSSR count). The molecule has 80 valence electrons. The fourth-order valence-corrected chi connectivity index (χ4v) is 2.76. The van der Waals surface area contributed by atoms with Crippen molar-refractivity contribution in [3.8, 4) is 6.07 Å². The van der Waals surface area contributed by atoms with E-state index in [9.17, 15) is 4.21 Å². The average molecular weight is 221 g/mol. The third-order valence-electron chi connectivity index (χ3n) is 2.33. The molecule has 0 N–H and O–H groups in total. The number of rotatable bonds is 3. The van der Waals surface area contributed by atoms with E-state index in [1.54, 1.807) is 0 Å². The monoisotopic (exact) mass is 221 g/mol. The molecule has 0 aromatic heterocycles. The molecule has 0 bridgehead atoms. The lowest BCUT2D eigenvalue weighted by Gasteiger charge is -2.09. The van der Waals surface area contributed by atoms with E-state index >= 15 is 0 Å². The first-order valence-electron chi connectivity index (χ1n) is 4.97. The van der Waals surface area contributed by atoms with Gasteiger partial charge in [0.2, 0.25) is 0 Å². The number of aryl methyl sites for hydroxylation is 2. The van der Waals surface area contributed by atoms with E-state index in [2.05, 4.69) is 6.07 Å². The molecule has 2 atom stereocenters. The molecule has 1 aromatic rings. The standard InChI is InChI=1S/C12H15NOS/c1-4-11(8-13)15(14)12-7-9(2)5-6-10(12)3/h5-7,11H,4H2,1-3H3. The predicted octanol–water partition coefficient (Wildman–Crippen LogP) is 2.71. The van der Waals surface area contributed by atoms with Crippen molar-refractivity contribution >= 4 is 10.8 Å². The summed E-state index contributed by atoms with van der Waals surface area (Å²) in [6, 6.07) is 7.95. The number of benzene rings is 1. The first-order valence-corrected chi connectivity index (χ1v) is 6.19. The highest BCUT2D eigenvalue weighted by atomic mass is 32.2. The van der Waals surface area contributed by atoms with Crippen LogP contribution in [0.25, 0.3) is 0 Å². The Morgan fingerprint density at radius 1 is 1.47 bits per heavy atom. The van der Waals surface area contributed by atoms with Crippen LogP contribution >= 0.6 is 0 Å². The molecule has 0 saturated heterocycles. The van der Waals surface area contributed by atoms with Gasteiger partial charge in [-0.2, -0.15) is 5.26 Å². The van der Waals surface area contributed by atoms with Crippen LogP contribution in [0.2, 0.25) is 0 Å². The molecule has 1 aromatic carbocycles. The van der Waals surface area contributed by atoms with Crippen molar-refractivity contribution in [3.63, 3.8) is 0 Å². The van der Waals surface area contributed by atoms with Crippen molar-refractivity contribution in [2.75, 3.05) is 0 Å². The van der Waals surface area contributed by atoms with Crippen LogP contribution < -0.4 is 0 Å². The Kier molecular flexibility index (Phi) is 4.05. The van der Waals surface area contributed by atoms with E-state index in [0.29, 0.717) is 6.42 Å². The van der Waals surface area contributed by atoms with E-state index in [1.807, 2.05) is 39.0 Å². The van der Waals surface area contributed by atoms with Crippen LogP contribution in [0.15, 0.2) is 23.1 Å². The van der Waals surface area contributed by atoms with Gasteiger partial charge >= 0.3 is 0 Å². The van der Waals surface area contributed by atoms with Crippen molar-refractivity contribution in [2.24, 2.45) is 0 Å². The number of nitriles is 1. The van der Waals surface area contributed by atoms with E-state index < -0.39 is 16.0 Å². The van der Waals surface area contributed by atoms with Crippen molar-refractivity contribution in [1.29, 1.82) is 5.26 Å². The highest BCUT2D eigenvalue weighted by Crippen LogP contribution is 2.19. The largest absolute Gasteiger partial charge is 0.253 e. The zero-order chi connectivity index (χ0) is 11.4. The van der Waals surface area contributed by atoms with Crippen molar-refractivity contribution in [3.05, 3.63) is 29.3 Å². The maximum Gasteiger partial charge on any atom is 0.126 e. The number of nitrogens with zero attached hydrogens (tertiary/aromatic N) is 1. The zero-order valence-electron chi connectivity index (χ0n) is 9.28. The Bertz CT molecular complexity index is 420. The van der Waals surface area contributed by atoms with Crippen LogP contribution in [-0.2, 0) is 10.8 Å². The van der Waals surface area contributed by atoms with Crippen LogP contribution in [0.5, 0.6) is 0 Å². The molecule has 0 saturated carbocycles. The summed E-state index contributed by atoms with van der Waals surface area (Å²) in [7, 11) is -1.20. The van der Waals surface area contributed by atoms with Crippen LogP contribution in [-0.4, -0.2) is 9.46 Å². The van der Waals surface area contributed by atoms with Gasteiger partial charge in [-0.15, -0.1) is 0 Å². The Morgan fingerprint density at radius 3 is 2.67 bits per heavy atom. The van der Waals surface area contributed by atoms with Crippen molar-refractivity contribution in [1.82, 2.24) is 0 Å². The topological polar surface area (TPSA) is 40.9 Å². The highest BCUT2D eigenvalue weighted by Gasteiger charge is 2.17. The molecule has 0 radical (unpaired) electrons. The van der Waals surface area contributed by atoms with Gasteiger partial charge in [-0.1, -0.05) is 19.1 Å². The van der Waals surface area contributed by atoms with Gasteiger partial charge < -0.3 is 0 Å². The van der Waals surface area contributed by atoms with E-state index in [4.69, 9.17) is 5.26 Å². The predicted molar refractivity (Wildman–Crippen MR) is 62.0 cm³/mol. The van der Waals surface area contributed by atoms with E-state index in [1.165, 1.54) is 0 Å². The smallest absolute Gasteiger partial charge is 0.126 e. The minimum atomic E-state index is -1.20. The lowest BCUT2D eigenvalue weighted by Crippen LogP contribution is -2.12. The fourth-order valence-electron chi connectivity index (χ4n) is 1.37. The summed E-state index contributed by atoms with van der Waals surface area (Å²) in [4.78, 5) is 0.795. The number of hydrogen-bond acceptors (Lipinski definition) is 2. The van der Waals surface area contributed by atoms with Gasteiger partial charge in [-0.3, -0.25) is 4.21 Å². The Morgan fingerprint density at radius 2 is 2.13 bits per heavy atom. The zero-order valence-corrected chi connectivity index (χ0v) is 10.1. The lowest BCUT2D eigenvalue weighted by atomic mass is 10.2. The third-order valence-corrected chi connectivity index (χ3v) is 4.16. The fraction of sp³-hybridized carbons (Fsp3) is 0.417. The molecule has 0 fully saturated rings. The maximum absolute atomic E-state index is 12.1. The first-order chi connectivity index (χ1) is 7.10. The van der Waals surface area contributed by atoms with Gasteiger partial charge in [0.15, 0.2) is 0 Å². The summed E-state index contributed by atoms with van der Waals surface area (Å²) in [5.74, 6) is 0. The van der Waals surface area contributed by atoms with E-state index in [-0.39, 0.29) is 0 Å². The molecular weight excluding hydrogens is 206 g/mol. The summed E-state index contributed by atoms with van der Waals surface area (Å²) in [5.41, 5.74) is 2.07. The third kappa shape index (κ3) is 2.66. The second kappa shape index (κ2) is 5.09. The maximum atomic E-state index is 12.1.